The van der Waals surface area contributed by atoms with E-state index in [-0.39, 0.29) is 23.8 Å². The number of amides is 1. The van der Waals surface area contributed by atoms with Crippen LogP contribution in [0.4, 0.5) is 0 Å². The smallest absolute Gasteiger partial charge is 0.223 e. The fourth-order valence-corrected chi connectivity index (χ4v) is 2.07. The maximum absolute atomic E-state index is 11.9. The van der Waals surface area contributed by atoms with Gasteiger partial charge in [-0.3, -0.25) is 4.79 Å². The number of rotatable bonds is 4. The Kier molecular flexibility index (Phi) is 5.26. The van der Waals surface area contributed by atoms with E-state index < -0.39 is 0 Å². The van der Waals surface area contributed by atoms with Gasteiger partial charge in [-0.25, -0.2) is 0 Å². The average molecular weight is 227 g/mol. The highest BCUT2D eigenvalue weighted by molar-refractivity contribution is 5.78. The Labute approximate surface area is 98.6 Å². The molecule has 1 fully saturated rings. The van der Waals surface area contributed by atoms with E-state index in [2.05, 4.69) is 5.32 Å². The van der Waals surface area contributed by atoms with Gasteiger partial charge in [0.2, 0.25) is 5.91 Å². The number of carbonyl (C=O) groups is 1. The van der Waals surface area contributed by atoms with E-state index >= 15 is 0 Å². The fourth-order valence-electron chi connectivity index (χ4n) is 2.07. The Balaban J connectivity index is 2.33. The molecule has 0 aliphatic heterocycles. The molecule has 0 unspecified atom stereocenters. The lowest BCUT2D eigenvalue weighted by Crippen LogP contribution is -2.39. The number of hydrogen-bond acceptors (Lipinski definition) is 2. The number of aliphatic hydroxyl groups is 1. The molecule has 0 aromatic carbocycles. The summed E-state index contributed by atoms with van der Waals surface area (Å²) in [4.78, 5) is 11.9. The van der Waals surface area contributed by atoms with Gasteiger partial charge in [0.15, 0.2) is 0 Å². The second kappa shape index (κ2) is 6.24. The number of aliphatic hydroxyl groups excluding tert-OH is 1. The van der Waals surface area contributed by atoms with Gasteiger partial charge in [0.05, 0.1) is 0 Å². The van der Waals surface area contributed by atoms with Gasteiger partial charge in [-0.2, -0.15) is 0 Å². The van der Waals surface area contributed by atoms with Crippen LogP contribution < -0.4 is 5.32 Å². The lowest BCUT2D eigenvalue weighted by molar-refractivity contribution is -0.125. The van der Waals surface area contributed by atoms with Crippen LogP contribution in [0.2, 0.25) is 0 Å². The van der Waals surface area contributed by atoms with E-state index in [9.17, 15) is 4.79 Å². The summed E-state index contributed by atoms with van der Waals surface area (Å²) in [5.74, 6) is 0.389. The number of hydrogen-bond donors (Lipinski definition) is 2. The Bertz CT molecular complexity index is 218. The highest BCUT2D eigenvalue weighted by Gasteiger charge is 2.22. The molecule has 1 amide bonds. The molecule has 94 valence electrons. The molecule has 0 heterocycles. The molecular weight excluding hydrogens is 202 g/mol. The van der Waals surface area contributed by atoms with Crippen molar-refractivity contribution in [3.63, 3.8) is 0 Å². The van der Waals surface area contributed by atoms with E-state index in [1.54, 1.807) is 0 Å². The molecule has 1 aliphatic carbocycles. The van der Waals surface area contributed by atoms with E-state index in [1.807, 2.05) is 13.8 Å². The van der Waals surface area contributed by atoms with Gasteiger partial charge < -0.3 is 10.4 Å². The van der Waals surface area contributed by atoms with Gasteiger partial charge in [0.1, 0.15) is 0 Å². The van der Waals surface area contributed by atoms with Crippen LogP contribution in [0.1, 0.15) is 52.4 Å². The van der Waals surface area contributed by atoms with Crippen molar-refractivity contribution < 1.29 is 9.90 Å². The van der Waals surface area contributed by atoms with Crippen molar-refractivity contribution in [2.24, 2.45) is 11.3 Å². The SMILES string of the molecule is CC(C)(CO)CNC(=O)C1CCCCCC1. The van der Waals surface area contributed by atoms with Crippen molar-refractivity contribution in [2.45, 2.75) is 52.4 Å². The summed E-state index contributed by atoms with van der Waals surface area (Å²) in [6.45, 7) is 4.59. The predicted molar refractivity (Wildman–Crippen MR) is 65.1 cm³/mol. The molecule has 1 rings (SSSR count). The monoisotopic (exact) mass is 227 g/mol. The zero-order valence-electron chi connectivity index (χ0n) is 10.6. The van der Waals surface area contributed by atoms with Crippen molar-refractivity contribution in [2.75, 3.05) is 13.2 Å². The molecule has 1 aliphatic rings. The topological polar surface area (TPSA) is 49.3 Å². The van der Waals surface area contributed by atoms with Crippen LogP contribution in [-0.2, 0) is 4.79 Å². The lowest BCUT2D eigenvalue weighted by atomic mass is 9.93. The molecule has 0 aromatic heterocycles. The summed E-state index contributed by atoms with van der Waals surface area (Å²) < 4.78 is 0. The molecule has 2 N–H and O–H groups in total. The lowest BCUT2D eigenvalue weighted by Gasteiger charge is -2.23. The van der Waals surface area contributed by atoms with Crippen LogP contribution in [0.15, 0.2) is 0 Å². The average Bonchev–Trinajstić information content (AvgIpc) is 2.54. The molecule has 1 saturated carbocycles. The van der Waals surface area contributed by atoms with Crippen LogP contribution in [0.5, 0.6) is 0 Å². The zero-order chi connectivity index (χ0) is 12.0. The third kappa shape index (κ3) is 4.52. The van der Waals surface area contributed by atoms with Gasteiger partial charge in [0, 0.05) is 24.5 Å². The van der Waals surface area contributed by atoms with Crippen LogP contribution in [0.25, 0.3) is 0 Å². The molecule has 16 heavy (non-hydrogen) atoms. The van der Waals surface area contributed by atoms with Gasteiger partial charge in [-0.1, -0.05) is 39.5 Å². The largest absolute Gasteiger partial charge is 0.396 e. The standard InChI is InChI=1S/C13H25NO2/c1-13(2,10-15)9-14-12(16)11-7-5-3-4-6-8-11/h11,15H,3-10H2,1-2H3,(H,14,16). The minimum absolute atomic E-state index is 0.109. The Hall–Kier alpha value is -0.570. The zero-order valence-corrected chi connectivity index (χ0v) is 10.6. The molecule has 0 aromatic rings. The summed E-state index contributed by atoms with van der Waals surface area (Å²) in [5.41, 5.74) is -0.208. The van der Waals surface area contributed by atoms with Crippen molar-refractivity contribution in [3.05, 3.63) is 0 Å². The summed E-state index contributed by atoms with van der Waals surface area (Å²) in [5, 5.41) is 12.1. The maximum Gasteiger partial charge on any atom is 0.223 e. The van der Waals surface area contributed by atoms with E-state index in [4.69, 9.17) is 5.11 Å². The van der Waals surface area contributed by atoms with Crippen molar-refractivity contribution in [1.82, 2.24) is 5.32 Å². The highest BCUT2D eigenvalue weighted by atomic mass is 16.3. The third-order valence-electron chi connectivity index (χ3n) is 3.40. The molecule has 0 atom stereocenters. The van der Waals surface area contributed by atoms with Crippen molar-refractivity contribution in [3.8, 4) is 0 Å². The molecule has 0 radical (unpaired) electrons. The normalized spacial score (nSPS) is 19.2. The second-order valence-corrected chi connectivity index (χ2v) is 5.73. The van der Waals surface area contributed by atoms with Gasteiger partial charge >= 0.3 is 0 Å². The summed E-state index contributed by atoms with van der Waals surface area (Å²) in [6, 6.07) is 0. The summed E-state index contributed by atoms with van der Waals surface area (Å²) in [6.07, 6.45) is 6.97. The molecule has 0 bridgehead atoms. The Morgan fingerprint density at radius 1 is 1.25 bits per heavy atom. The van der Waals surface area contributed by atoms with E-state index in [0.29, 0.717) is 6.54 Å². The van der Waals surface area contributed by atoms with E-state index in [0.717, 1.165) is 12.8 Å². The van der Waals surface area contributed by atoms with Crippen LogP contribution >= 0.6 is 0 Å². The van der Waals surface area contributed by atoms with Gasteiger partial charge in [-0.05, 0) is 12.8 Å². The summed E-state index contributed by atoms with van der Waals surface area (Å²) >= 11 is 0. The highest BCUT2D eigenvalue weighted by Crippen LogP contribution is 2.23. The van der Waals surface area contributed by atoms with Gasteiger partial charge in [-0.15, -0.1) is 0 Å². The molecular formula is C13H25NO2. The van der Waals surface area contributed by atoms with Crippen molar-refractivity contribution >= 4 is 5.91 Å². The fraction of sp³-hybridized carbons (Fsp3) is 0.923. The van der Waals surface area contributed by atoms with Crippen molar-refractivity contribution in [1.29, 1.82) is 0 Å². The molecule has 3 nitrogen and oxygen atoms in total. The first kappa shape index (κ1) is 13.5. The Morgan fingerprint density at radius 2 is 1.81 bits per heavy atom. The first-order valence-electron chi connectivity index (χ1n) is 6.44. The predicted octanol–water partition coefficient (Wildman–Crippen LogP) is 2.09. The molecule has 0 saturated heterocycles. The molecule has 0 spiro atoms. The number of nitrogens with one attached hydrogen (secondary N) is 1. The first-order chi connectivity index (χ1) is 7.55. The molecule has 3 heteroatoms. The minimum Gasteiger partial charge on any atom is -0.396 e. The van der Waals surface area contributed by atoms with Crippen LogP contribution in [0, 0.1) is 11.3 Å². The van der Waals surface area contributed by atoms with Crippen LogP contribution in [0.3, 0.4) is 0 Å². The number of carbonyl (C=O) groups excluding carboxylic acids is 1. The maximum atomic E-state index is 11.9. The Morgan fingerprint density at radius 3 is 2.31 bits per heavy atom. The minimum atomic E-state index is -0.208. The second-order valence-electron chi connectivity index (χ2n) is 5.73. The first-order valence-corrected chi connectivity index (χ1v) is 6.44. The van der Waals surface area contributed by atoms with E-state index in [1.165, 1.54) is 25.7 Å². The van der Waals surface area contributed by atoms with Crippen LogP contribution in [-0.4, -0.2) is 24.2 Å². The third-order valence-corrected chi connectivity index (χ3v) is 3.40. The summed E-state index contributed by atoms with van der Waals surface area (Å²) in [7, 11) is 0. The quantitative estimate of drug-likeness (QED) is 0.723. The van der Waals surface area contributed by atoms with Gasteiger partial charge in [0.25, 0.3) is 0 Å².